The van der Waals surface area contributed by atoms with Crippen LogP contribution in [0, 0.1) is 13.5 Å². The molecule has 0 bridgehead atoms. The molecule has 0 amide bonds. The van der Waals surface area contributed by atoms with Crippen molar-refractivity contribution in [3.8, 4) is 0 Å². The van der Waals surface area contributed by atoms with Crippen LogP contribution < -0.4 is 0 Å². The first kappa shape index (κ1) is 8.76. The summed E-state index contributed by atoms with van der Waals surface area (Å²) in [4.78, 5) is 3.34. The van der Waals surface area contributed by atoms with Crippen molar-refractivity contribution in [2.75, 3.05) is 6.54 Å². The van der Waals surface area contributed by atoms with E-state index in [9.17, 15) is 0 Å². The summed E-state index contributed by atoms with van der Waals surface area (Å²) in [6, 6.07) is 8.11. The zero-order valence-corrected chi connectivity index (χ0v) is 8.07. The predicted molar refractivity (Wildman–Crippen MR) is 55.9 cm³/mol. The van der Waals surface area contributed by atoms with Crippen molar-refractivity contribution in [2.24, 2.45) is 0 Å². The molecule has 70 valence electrons. The van der Waals surface area contributed by atoms with Crippen LogP contribution in [-0.4, -0.2) is 16.3 Å². The first-order valence-electron chi connectivity index (χ1n) is 4.58. The Balaban J connectivity index is 2.51. The molecule has 0 aliphatic carbocycles. The number of nitrogens with zero attached hydrogens (tertiary/aromatic N) is 3. The number of aryl methyl sites for hydroxylation is 1. The molecule has 0 atom stereocenters. The molecule has 1 heterocycles. The van der Waals surface area contributed by atoms with Crippen molar-refractivity contribution >= 4 is 10.9 Å². The number of benzene rings is 1. The SMILES string of the molecule is [C-]#[N+]CCn1nc(C)c2ccccc21. The van der Waals surface area contributed by atoms with E-state index in [-0.39, 0.29) is 0 Å². The summed E-state index contributed by atoms with van der Waals surface area (Å²) in [7, 11) is 0. The zero-order chi connectivity index (χ0) is 9.97. The van der Waals surface area contributed by atoms with Crippen molar-refractivity contribution in [2.45, 2.75) is 13.5 Å². The largest absolute Gasteiger partial charge is 0.315 e. The summed E-state index contributed by atoms with van der Waals surface area (Å²) >= 11 is 0. The van der Waals surface area contributed by atoms with E-state index in [1.165, 1.54) is 5.39 Å². The molecule has 3 heteroatoms. The van der Waals surface area contributed by atoms with Crippen LogP contribution in [0.2, 0.25) is 0 Å². The normalized spacial score (nSPS) is 10.3. The fourth-order valence-corrected chi connectivity index (χ4v) is 1.61. The fraction of sp³-hybridized carbons (Fsp3) is 0.273. The molecule has 0 spiro atoms. The number of hydrogen-bond acceptors (Lipinski definition) is 1. The van der Waals surface area contributed by atoms with Crippen molar-refractivity contribution in [3.05, 3.63) is 41.4 Å². The molecule has 14 heavy (non-hydrogen) atoms. The van der Waals surface area contributed by atoms with E-state index < -0.39 is 0 Å². The molecule has 0 radical (unpaired) electrons. The zero-order valence-electron chi connectivity index (χ0n) is 8.07. The van der Waals surface area contributed by atoms with Gasteiger partial charge in [0.05, 0.1) is 11.2 Å². The molecule has 0 aliphatic heterocycles. The van der Waals surface area contributed by atoms with Crippen molar-refractivity contribution in [1.29, 1.82) is 0 Å². The van der Waals surface area contributed by atoms with Crippen molar-refractivity contribution in [1.82, 2.24) is 9.78 Å². The molecule has 3 nitrogen and oxygen atoms in total. The Hall–Kier alpha value is -1.82. The van der Waals surface area contributed by atoms with Crippen molar-refractivity contribution < 1.29 is 0 Å². The van der Waals surface area contributed by atoms with Crippen LogP contribution in [0.3, 0.4) is 0 Å². The van der Waals surface area contributed by atoms with Crippen LogP contribution in [0.25, 0.3) is 15.7 Å². The molecular weight excluding hydrogens is 174 g/mol. The van der Waals surface area contributed by atoms with Crippen molar-refractivity contribution in [3.63, 3.8) is 0 Å². The van der Waals surface area contributed by atoms with E-state index in [2.05, 4.69) is 16.0 Å². The summed E-state index contributed by atoms with van der Waals surface area (Å²) in [5.41, 5.74) is 2.15. The summed E-state index contributed by atoms with van der Waals surface area (Å²) < 4.78 is 1.91. The van der Waals surface area contributed by atoms with Crippen LogP contribution in [-0.2, 0) is 6.54 Å². The lowest BCUT2D eigenvalue weighted by molar-refractivity contribution is 0.664. The predicted octanol–water partition coefficient (Wildman–Crippen LogP) is 2.26. The maximum absolute atomic E-state index is 6.75. The second-order valence-corrected chi connectivity index (χ2v) is 3.21. The second kappa shape index (κ2) is 3.51. The molecule has 0 unspecified atom stereocenters. The maximum atomic E-state index is 6.75. The quantitative estimate of drug-likeness (QED) is 0.658. The molecule has 0 saturated carbocycles. The number of rotatable bonds is 2. The van der Waals surface area contributed by atoms with Gasteiger partial charge in [0.2, 0.25) is 6.54 Å². The lowest BCUT2D eigenvalue weighted by Gasteiger charge is -1.96. The Morgan fingerprint density at radius 2 is 2.21 bits per heavy atom. The minimum Gasteiger partial charge on any atom is -0.315 e. The van der Waals surface area contributed by atoms with E-state index >= 15 is 0 Å². The Bertz CT molecular complexity index is 491. The first-order valence-corrected chi connectivity index (χ1v) is 4.58. The topological polar surface area (TPSA) is 22.2 Å². The monoisotopic (exact) mass is 185 g/mol. The van der Waals surface area contributed by atoms with E-state index in [0.717, 1.165) is 11.2 Å². The molecular formula is C11H11N3. The standard InChI is InChI=1S/C11H11N3/c1-9-10-5-3-4-6-11(10)14(13-9)8-7-12-2/h3-6H,7-8H2,1H3. The van der Waals surface area contributed by atoms with Gasteiger partial charge in [-0.2, -0.15) is 5.10 Å². The van der Waals surface area contributed by atoms with Gasteiger partial charge in [-0.3, -0.25) is 4.68 Å². The number of para-hydroxylation sites is 1. The van der Waals surface area contributed by atoms with Gasteiger partial charge in [0, 0.05) is 5.39 Å². The van der Waals surface area contributed by atoms with E-state index in [4.69, 9.17) is 6.57 Å². The summed E-state index contributed by atoms with van der Waals surface area (Å²) in [6.07, 6.45) is 0. The number of hydrogen-bond donors (Lipinski definition) is 0. The molecule has 0 fully saturated rings. The fourth-order valence-electron chi connectivity index (χ4n) is 1.61. The van der Waals surface area contributed by atoms with Crippen LogP contribution >= 0.6 is 0 Å². The van der Waals surface area contributed by atoms with Crippen LogP contribution in [0.4, 0.5) is 0 Å². The van der Waals surface area contributed by atoms with Crippen LogP contribution in [0.15, 0.2) is 24.3 Å². The highest BCUT2D eigenvalue weighted by atomic mass is 15.3. The Labute approximate surface area is 82.8 Å². The number of aromatic nitrogens is 2. The highest BCUT2D eigenvalue weighted by Crippen LogP contribution is 2.16. The van der Waals surface area contributed by atoms with E-state index in [1.54, 1.807) is 0 Å². The second-order valence-electron chi connectivity index (χ2n) is 3.21. The Morgan fingerprint density at radius 3 is 3.00 bits per heavy atom. The third-order valence-electron chi connectivity index (χ3n) is 2.27. The third kappa shape index (κ3) is 1.35. The molecule has 0 N–H and O–H groups in total. The van der Waals surface area contributed by atoms with Crippen LogP contribution in [0.5, 0.6) is 0 Å². The minimum absolute atomic E-state index is 0.491. The summed E-state index contributed by atoms with van der Waals surface area (Å²) in [5, 5.41) is 5.58. The van der Waals surface area contributed by atoms with Gasteiger partial charge in [-0.15, -0.1) is 0 Å². The maximum Gasteiger partial charge on any atom is 0.234 e. The van der Waals surface area contributed by atoms with Gasteiger partial charge in [0.15, 0.2) is 0 Å². The third-order valence-corrected chi connectivity index (χ3v) is 2.27. The van der Waals surface area contributed by atoms with Crippen LogP contribution in [0.1, 0.15) is 5.69 Å². The van der Waals surface area contributed by atoms with Gasteiger partial charge in [-0.25, -0.2) is 6.57 Å². The van der Waals surface area contributed by atoms with Gasteiger partial charge in [0.25, 0.3) is 0 Å². The lowest BCUT2D eigenvalue weighted by atomic mass is 10.2. The van der Waals surface area contributed by atoms with E-state index in [0.29, 0.717) is 13.1 Å². The van der Waals surface area contributed by atoms with Gasteiger partial charge in [0.1, 0.15) is 6.54 Å². The van der Waals surface area contributed by atoms with Gasteiger partial charge in [-0.1, -0.05) is 18.2 Å². The molecule has 1 aromatic carbocycles. The van der Waals surface area contributed by atoms with Gasteiger partial charge in [-0.05, 0) is 13.0 Å². The first-order chi connectivity index (χ1) is 6.83. The lowest BCUT2D eigenvalue weighted by Crippen LogP contribution is -2.01. The molecule has 1 aromatic heterocycles. The molecule has 0 saturated heterocycles. The smallest absolute Gasteiger partial charge is 0.234 e. The molecule has 2 rings (SSSR count). The van der Waals surface area contributed by atoms with Gasteiger partial charge >= 0.3 is 0 Å². The highest BCUT2D eigenvalue weighted by Gasteiger charge is 2.05. The number of fused-ring (bicyclic) bond motifs is 1. The highest BCUT2D eigenvalue weighted by molar-refractivity contribution is 5.81. The average molecular weight is 185 g/mol. The molecule has 2 aromatic rings. The molecule has 0 aliphatic rings. The summed E-state index contributed by atoms with van der Waals surface area (Å²) in [6.45, 7) is 9.92. The minimum atomic E-state index is 0.491. The van der Waals surface area contributed by atoms with Gasteiger partial charge < -0.3 is 4.85 Å². The Kier molecular flexibility index (Phi) is 2.19. The summed E-state index contributed by atoms with van der Waals surface area (Å²) in [5.74, 6) is 0. The Morgan fingerprint density at radius 1 is 1.43 bits per heavy atom. The van der Waals surface area contributed by atoms with E-state index in [1.807, 2.05) is 29.8 Å². The average Bonchev–Trinajstić information content (AvgIpc) is 2.54.